The van der Waals surface area contributed by atoms with Crippen LogP contribution in [0.5, 0.6) is 5.75 Å². The fourth-order valence-corrected chi connectivity index (χ4v) is 2.59. The van der Waals surface area contributed by atoms with Crippen molar-refractivity contribution >= 4 is 5.97 Å². The van der Waals surface area contributed by atoms with Crippen molar-refractivity contribution in [2.24, 2.45) is 0 Å². The second kappa shape index (κ2) is 8.86. The molecule has 26 heavy (non-hydrogen) atoms. The normalized spacial score (nSPS) is 12.5. The van der Waals surface area contributed by atoms with Crippen LogP contribution in [0.25, 0.3) is 0 Å². The molecule has 2 aromatic carbocycles. The van der Waals surface area contributed by atoms with Gasteiger partial charge in [0.1, 0.15) is 12.4 Å². The van der Waals surface area contributed by atoms with E-state index in [1.165, 1.54) is 18.2 Å². The van der Waals surface area contributed by atoms with E-state index in [2.05, 4.69) is 49.8 Å². The predicted molar refractivity (Wildman–Crippen MR) is 103 cm³/mol. The molecule has 0 bridgehead atoms. The Morgan fingerprint density at radius 2 is 1.65 bits per heavy atom. The summed E-state index contributed by atoms with van der Waals surface area (Å²) in [5, 5.41) is 10.1. The molecule has 4 nitrogen and oxygen atoms in total. The summed E-state index contributed by atoms with van der Waals surface area (Å²) in [5.74, 6) is 0.236. The van der Waals surface area contributed by atoms with Crippen molar-refractivity contribution in [2.45, 2.75) is 45.1 Å². The molecule has 2 rings (SSSR count). The van der Waals surface area contributed by atoms with Crippen molar-refractivity contribution < 1.29 is 19.4 Å². The van der Waals surface area contributed by atoms with Crippen LogP contribution in [0, 0.1) is 0 Å². The summed E-state index contributed by atoms with van der Waals surface area (Å²) in [6.45, 7) is 6.81. The molecule has 0 aliphatic heterocycles. The molecule has 0 aliphatic carbocycles. The number of carbonyl (C=O) groups is 1. The minimum Gasteiger partial charge on any atom is -0.491 e. The second-order valence-electron chi connectivity index (χ2n) is 7.47. The Balaban J connectivity index is 1.78. The summed E-state index contributed by atoms with van der Waals surface area (Å²) in [6.07, 6.45) is 0.892. The van der Waals surface area contributed by atoms with Crippen LogP contribution < -0.4 is 4.74 Å². The molecular formula is C22H28O4. The van der Waals surface area contributed by atoms with Crippen LogP contribution >= 0.6 is 0 Å². The number of aliphatic hydroxyl groups is 1. The highest BCUT2D eigenvalue weighted by Gasteiger charge is 2.13. The number of rotatable bonds is 7. The summed E-state index contributed by atoms with van der Waals surface area (Å²) < 4.78 is 10.2. The van der Waals surface area contributed by atoms with Crippen LogP contribution in [0.2, 0.25) is 0 Å². The minimum absolute atomic E-state index is 0.148. The van der Waals surface area contributed by atoms with Gasteiger partial charge in [-0.25, -0.2) is 4.79 Å². The third-order valence-electron chi connectivity index (χ3n) is 4.30. The fraction of sp³-hybridized carbons (Fsp3) is 0.409. The molecule has 0 aliphatic rings. The van der Waals surface area contributed by atoms with Crippen molar-refractivity contribution in [2.75, 3.05) is 13.7 Å². The highest BCUT2D eigenvalue weighted by atomic mass is 16.5. The van der Waals surface area contributed by atoms with Crippen LogP contribution in [-0.2, 0) is 16.6 Å². The molecule has 0 heterocycles. The number of benzene rings is 2. The van der Waals surface area contributed by atoms with Crippen molar-refractivity contribution in [3.63, 3.8) is 0 Å². The Hall–Kier alpha value is -2.33. The lowest BCUT2D eigenvalue weighted by Gasteiger charge is -2.19. The topological polar surface area (TPSA) is 55.8 Å². The second-order valence-corrected chi connectivity index (χ2v) is 7.47. The fourth-order valence-electron chi connectivity index (χ4n) is 2.59. The molecule has 0 fully saturated rings. The van der Waals surface area contributed by atoms with Gasteiger partial charge >= 0.3 is 5.97 Å². The van der Waals surface area contributed by atoms with E-state index in [9.17, 15) is 9.90 Å². The SMILES string of the molecule is COC(=O)c1ccc(OC[C@@H](O)CCc2ccc(C(C)(C)C)cc2)cc1. The molecule has 2 aromatic rings. The maximum absolute atomic E-state index is 11.4. The zero-order chi connectivity index (χ0) is 19.2. The highest BCUT2D eigenvalue weighted by molar-refractivity contribution is 5.89. The van der Waals surface area contributed by atoms with Gasteiger partial charge in [0.2, 0.25) is 0 Å². The van der Waals surface area contributed by atoms with Gasteiger partial charge in [-0.15, -0.1) is 0 Å². The van der Waals surface area contributed by atoms with E-state index in [1.807, 2.05) is 0 Å². The zero-order valence-electron chi connectivity index (χ0n) is 16.0. The van der Waals surface area contributed by atoms with Crippen molar-refractivity contribution in [1.82, 2.24) is 0 Å². The molecule has 0 radical (unpaired) electrons. The minimum atomic E-state index is -0.544. The summed E-state index contributed by atoms with van der Waals surface area (Å²) in [5.41, 5.74) is 3.13. The van der Waals surface area contributed by atoms with E-state index in [0.29, 0.717) is 17.7 Å². The standard InChI is InChI=1S/C22H28O4/c1-22(2,3)18-10-5-16(6-11-18)7-12-19(23)15-26-20-13-8-17(9-14-20)21(24)25-4/h5-6,8-11,13-14,19,23H,7,12,15H2,1-4H3/t19-/m0/s1. The first kappa shape index (κ1) is 20.0. The monoisotopic (exact) mass is 356 g/mol. The van der Waals surface area contributed by atoms with Crippen molar-refractivity contribution in [3.8, 4) is 5.75 Å². The molecular weight excluding hydrogens is 328 g/mol. The molecule has 0 unspecified atom stereocenters. The molecule has 0 amide bonds. The van der Waals surface area contributed by atoms with E-state index < -0.39 is 6.10 Å². The molecule has 140 valence electrons. The van der Waals surface area contributed by atoms with E-state index in [4.69, 9.17) is 4.74 Å². The van der Waals surface area contributed by atoms with Crippen LogP contribution in [-0.4, -0.2) is 30.9 Å². The summed E-state index contributed by atoms with van der Waals surface area (Å²) in [6, 6.07) is 15.2. The Bertz CT molecular complexity index is 696. The Morgan fingerprint density at radius 1 is 1.04 bits per heavy atom. The number of hydrogen-bond acceptors (Lipinski definition) is 4. The van der Waals surface area contributed by atoms with Gasteiger partial charge in [-0.1, -0.05) is 45.0 Å². The van der Waals surface area contributed by atoms with Gasteiger partial charge in [0, 0.05) is 0 Å². The maximum Gasteiger partial charge on any atom is 0.337 e. The molecule has 0 saturated carbocycles. The molecule has 0 spiro atoms. The van der Waals surface area contributed by atoms with Crippen molar-refractivity contribution in [3.05, 3.63) is 65.2 Å². The quantitative estimate of drug-likeness (QED) is 0.758. The van der Waals surface area contributed by atoms with Crippen LogP contribution in [0.1, 0.15) is 48.7 Å². The number of hydrogen-bond donors (Lipinski definition) is 1. The first-order chi connectivity index (χ1) is 12.3. The van der Waals surface area contributed by atoms with E-state index in [1.54, 1.807) is 24.3 Å². The number of methoxy groups -OCH3 is 1. The highest BCUT2D eigenvalue weighted by Crippen LogP contribution is 2.22. The molecule has 0 saturated heterocycles. The molecule has 0 aromatic heterocycles. The first-order valence-corrected chi connectivity index (χ1v) is 8.88. The average Bonchev–Trinajstić information content (AvgIpc) is 2.64. The van der Waals surface area contributed by atoms with Gasteiger partial charge in [0.25, 0.3) is 0 Å². The zero-order valence-corrected chi connectivity index (χ0v) is 16.0. The van der Waals surface area contributed by atoms with Crippen molar-refractivity contribution in [1.29, 1.82) is 0 Å². The smallest absolute Gasteiger partial charge is 0.337 e. The average molecular weight is 356 g/mol. The van der Waals surface area contributed by atoms with Gasteiger partial charge in [-0.2, -0.15) is 0 Å². The number of aliphatic hydroxyl groups excluding tert-OH is 1. The third kappa shape index (κ3) is 5.88. The lowest BCUT2D eigenvalue weighted by atomic mass is 9.86. The van der Waals surface area contributed by atoms with Gasteiger partial charge in [-0.3, -0.25) is 0 Å². The number of esters is 1. The van der Waals surface area contributed by atoms with Gasteiger partial charge < -0.3 is 14.6 Å². The number of carbonyl (C=O) groups excluding carboxylic acids is 1. The van der Waals surface area contributed by atoms with Crippen LogP contribution in [0.3, 0.4) is 0 Å². The lowest BCUT2D eigenvalue weighted by Crippen LogP contribution is -2.18. The maximum atomic E-state index is 11.4. The number of aryl methyl sites for hydroxylation is 1. The third-order valence-corrected chi connectivity index (χ3v) is 4.30. The predicted octanol–water partition coefficient (Wildman–Crippen LogP) is 4.14. The largest absolute Gasteiger partial charge is 0.491 e. The van der Waals surface area contributed by atoms with E-state index in [0.717, 1.165) is 6.42 Å². The molecule has 4 heteroatoms. The Labute approximate surface area is 155 Å². The lowest BCUT2D eigenvalue weighted by molar-refractivity contribution is 0.0600. The van der Waals surface area contributed by atoms with Crippen LogP contribution in [0.4, 0.5) is 0 Å². The van der Waals surface area contributed by atoms with Gasteiger partial charge in [0.15, 0.2) is 0 Å². The van der Waals surface area contributed by atoms with E-state index >= 15 is 0 Å². The Morgan fingerprint density at radius 3 is 2.19 bits per heavy atom. The summed E-state index contributed by atoms with van der Waals surface area (Å²) >= 11 is 0. The van der Waals surface area contributed by atoms with Crippen LogP contribution in [0.15, 0.2) is 48.5 Å². The molecule has 1 atom stereocenters. The summed E-state index contributed by atoms with van der Waals surface area (Å²) in [7, 11) is 1.35. The molecule has 1 N–H and O–H groups in total. The Kier molecular flexibility index (Phi) is 6.81. The summed E-state index contributed by atoms with van der Waals surface area (Å²) in [4.78, 5) is 11.4. The van der Waals surface area contributed by atoms with E-state index in [-0.39, 0.29) is 18.0 Å². The van der Waals surface area contributed by atoms with Gasteiger partial charge in [-0.05, 0) is 53.6 Å². The first-order valence-electron chi connectivity index (χ1n) is 8.88. The number of ether oxygens (including phenoxy) is 2. The van der Waals surface area contributed by atoms with Gasteiger partial charge in [0.05, 0.1) is 18.8 Å².